The van der Waals surface area contributed by atoms with Crippen LogP contribution >= 0.6 is 0 Å². The van der Waals surface area contributed by atoms with Gasteiger partial charge in [-0.05, 0) is 90.9 Å². The van der Waals surface area contributed by atoms with Crippen molar-refractivity contribution in [2.45, 2.75) is 247 Å². The van der Waals surface area contributed by atoms with Crippen molar-refractivity contribution in [3.63, 3.8) is 0 Å². The number of carbonyl (C=O) groups is 15. The molecule has 3 aromatic rings. The first-order valence-electron chi connectivity index (χ1n) is 40.3. The van der Waals surface area contributed by atoms with Gasteiger partial charge in [-0.3, -0.25) is 71.9 Å². The molecule has 0 aliphatic carbocycles. The second kappa shape index (κ2) is 53.3. The fourth-order valence-corrected chi connectivity index (χ4v) is 11.6. The molecule has 113 heavy (non-hydrogen) atoms. The summed E-state index contributed by atoms with van der Waals surface area (Å²) in [6.07, 6.45) is 3.67. The van der Waals surface area contributed by atoms with Gasteiger partial charge in [0.05, 0.1) is 44.3 Å². The summed E-state index contributed by atoms with van der Waals surface area (Å²) in [7, 11) is 0. The number of benzene rings is 3. The third-order valence-electron chi connectivity index (χ3n) is 18.8. The summed E-state index contributed by atoms with van der Waals surface area (Å²) in [5.74, 6) is -4.36. The number of anilines is 3. The van der Waals surface area contributed by atoms with Crippen LogP contribution in [0, 0.1) is 65.1 Å². The molecule has 0 saturated carbocycles. The van der Waals surface area contributed by atoms with Crippen LogP contribution in [0.15, 0.2) is 66.7 Å². The molecule has 1 saturated heterocycles. The number of nitrogens with one attached hydrogen (secondary N) is 5. The Balaban J connectivity index is 0.000000580. The summed E-state index contributed by atoms with van der Waals surface area (Å²) in [4.78, 5) is 187. The number of esters is 2. The zero-order valence-corrected chi connectivity index (χ0v) is 70.8. The molecule has 0 aromatic heterocycles. The molecule has 4 rings (SSSR count). The first-order valence-corrected chi connectivity index (χ1v) is 40.3. The molecule has 25 nitrogen and oxygen atoms in total. The number of likely N-dealkylation sites (tertiary alicyclic amines) is 1. The van der Waals surface area contributed by atoms with Gasteiger partial charge < -0.3 is 50.4 Å². The summed E-state index contributed by atoms with van der Waals surface area (Å²) >= 11 is 0. The molecule has 0 unspecified atom stereocenters. The molecule has 0 spiro atoms. The molecular weight excluding hydrogens is 1440 g/mol. The molecule has 1 heterocycles. The topological polar surface area (TPSA) is 356 Å². The number of Topliss-reactive ketones (excluding diaryl/α,β-unsaturated/α-hetero) is 8. The third-order valence-corrected chi connectivity index (χ3v) is 18.8. The summed E-state index contributed by atoms with van der Waals surface area (Å²) < 4.78 is 21.1. The number of hydrogen-bond donors (Lipinski definition) is 5. The highest BCUT2D eigenvalue weighted by Crippen LogP contribution is 2.25. The van der Waals surface area contributed by atoms with E-state index >= 15 is 0 Å². The Hall–Kier alpha value is -8.81. The minimum absolute atomic E-state index is 0.00175. The highest BCUT2D eigenvalue weighted by atomic mass is 16.5. The van der Waals surface area contributed by atoms with Gasteiger partial charge in [0, 0.05) is 160 Å². The van der Waals surface area contributed by atoms with E-state index < -0.39 is 29.7 Å². The van der Waals surface area contributed by atoms with Gasteiger partial charge in [0.15, 0.2) is 5.78 Å². The fourth-order valence-electron chi connectivity index (χ4n) is 11.6. The smallest absolute Gasteiger partial charge is 0.308 e. The van der Waals surface area contributed by atoms with Crippen LogP contribution in [0.5, 0.6) is 0 Å². The molecule has 4 atom stereocenters. The molecule has 1 fully saturated rings. The molecule has 628 valence electrons. The zero-order valence-electron chi connectivity index (χ0n) is 70.8. The third kappa shape index (κ3) is 41.7. The number of ether oxygens (including phenoxy) is 4. The maximum Gasteiger partial charge on any atom is 0.308 e. The number of ketones is 8. The number of rotatable bonds is 49. The lowest BCUT2D eigenvalue weighted by atomic mass is 9.87. The van der Waals surface area contributed by atoms with Gasteiger partial charge in [0.1, 0.15) is 53.7 Å². The van der Waals surface area contributed by atoms with Crippen LogP contribution in [0.1, 0.15) is 242 Å². The van der Waals surface area contributed by atoms with Gasteiger partial charge in [0.25, 0.3) is 5.91 Å². The van der Waals surface area contributed by atoms with Crippen LogP contribution in [0.2, 0.25) is 0 Å². The van der Waals surface area contributed by atoms with E-state index in [-0.39, 0.29) is 212 Å². The quantitative estimate of drug-likeness (QED) is 0.0259. The molecule has 5 N–H and O–H groups in total. The number of amides is 5. The van der Waals surface area contributed by atoms with E-state index in [4.69, 9.17) is 18.9 Å². The molecule has 1 aliphatic heterocycles. The van der Waals surface area contributed by atoms with Gasteiger partial charge >= 0.3 is 11.9 Å². The molecule has 0 radical (unpaired) electrons. The lowest BCUT2D eigenvalue weighted by molar-refractivity contribution is -0.149. The second-order valence-electron chi connectivity index (χ2n) is 32.1. The van der Waals surface area contributed by atoms with Crippen molar-refractivity contribution in [2.75, 3.05) is 62.0 Å². The lowest BCUT2D eigenvalue weighted by Gasteiger charge is -2.32. The van der Waals surface area contributed by atoms with Crippen LogP contribution in [-0.4, -0.2) is 151 Å². The van der Waals surface area contributed by atoms with Gasteiger partial charge in [-0.2, -0.15) is 0 Å². The Morgan fingerprint density at radius 2 is 0.920 bits per heavy atom. The van der Waals surface area contributed by atoms with Crippen LogP contribution in [-0.2, 0) is 106 Å². The Labute approximate surface area is 670 Å². The Bertz CT molecular complexity index is 3590. The van der Waals surface area contributed by atoms with Crippen LogP contribution in [0.3, 0.4) is 0 Å². The first kappa shape index (κ1) is 100. The summed E-state index contributed by atoms with van der Waals surface area (Å²) in [5.41, 5.74) is 3.93. The maximum absolute atomic E-state index is 13.5. The van der Waals surface area contributed by atoms with Gasteiger partial charge in [0.2, 0.25) is 23.6 Å². The van der Waals surface area contributed by atoms with Crippen LogP contribution in [0.4, 0.5) is 17.1 Å². The van der Waals surface area contributed by atoms with Crippen molar-refractivity contribution in [1.82, 2.24) is 15.5 Å². The minimum atomic E-state index is -0.811. The standard InChI is InChI=1S/C34H53N3O6.C28H40N2O6.C26H39NO7/c1-20(2)29(39)12-13-31(41)36-27-17-25(18-28(38)11-10-14-35-23(7)8)16-26(19-27)34(43)37-32(21(3)4)30(40)15-24(9)33(42)22(5)6;1-18(2)26(33)22-12-14-30(15-13-22)25(32)11-10-24(31)16-20(5)27(34)29-23-8-6-21(7-9-23)17-36-28(35)19(3)4;1-18(2)24(29)11-13-33-15-14-32-12-10-23(28)16-20(5)25(30)27-22-8-6-21(7-9-22)17-34-26(31)19(3)4/h16-17,19-24,32,35H,10-15,18H2,1-9H3,(H,36,41)(H,37,43);6-9,18-20,22H,10-17H2,1-5H3,(H,29,34);6-9,18-20H,10-17H2,1-5H3,(H,27,30)/t24-,32+;2*20-/m111/s1. The fraction of sp³-hybridized carbons (Fsp3) is 0.625. The second-order valence-corrected chi connectivity index (χ2v) is 32.1. The van der Waals surface area contributed by atoms with Gasteiger partial charge in [-0.25, -0.2) is 0 Å². The maximum atomic E-state index is 13.5. The number of hydrogen-bond acceptors (Lipinski definition) is 20. The highest BCUT2D eigenvalue weighted by molar-refractivity contribution is 6.02. The van der Waals surface area contributed by atoms with E-state index in [9.17, 15) is 71.9 Å². The normalized spacial score (nSPS) is 13.3. The molecule has 5 amide bonds. The average Bonchev–Trinajstić information content (AvgIpc) is 0.832. The van der Waals surface area contributed by atoms with Crippen molar-refractivity contribution < 1.29 is 90.9 Å². The SMILES string of the molecule is CC(C)C(=O)CCOCCOCCC(=O)C[C@@H](C)C(=O)Nc1ccc(COC(=O)C(C)C)cc1.CC(C)C(=O)OCc1ccc(NC(=O)[C@H](C)CC(=O)CCC(=O)N2CCC(C(=O)C(C)C)CC2)cc1.CC(C)NCCCC(=O)Cc1cc(NC(=O)CCC(=O)C(C)C)cc(C(=O)N[C@H](C(=O)C[C@@H](C)C(=O)C(C)C)C(C)C)c1. The van der Waals surface area contributed by atoms with Crippen molar-refractivity contribution >= 4 is 105 Å². The van der Waals surface area contributed by atoms with E-state index in [0.29, 0.717) is 100 Å². The summed E-state index contributed by atoms with van der Waals surface area (Å²) in [6.45, 7) is 38.1. The van der Waals surface area contributed by atoms with E-state index in [1.807, 2.05) is 55.4 Å². The van der Waals surface area contributed by atoms with Gasteiger partial charge in [-0.1, -0.05) is 156 Å². The molecule has 3 aromatic carbocycles. The Kier molecular flexibility index (Phi) is 47.3. The average molecular weight is 1580 g/mol. The van der Waals surface area contributed by atoms with E-state index in [1.165, 1.54) is 6.07 Å². The van der Waals surface area contributed by atoms with E-state index in [1.54, 1.807) is 142 Å². The van der Waals surface area contributed by atoms with Crippen molar-refractivity contribution in [3.8, 4) is 0 Å². The summed E-state index contributed by atoms with van der Waals surface area (Å²) in [6, 6.07) is 18.3. The monoisotopic (exact) mass is 1580 g/mol. The lowest BCUT2D eigenvalue weighted by Crippen LogP contribution is -2.45. The van der Waals surface area contributed by atoms with Crippen molar-refractivity contribution in [2.24, 2.45) is 65.1 Å². The van der Waals surface area contributed by atoms with Crippen molar-refractivity contribution in [1.29, 1.82) is 0 Å². The molecule has 25 heteroatoms. The number of piperidine rings is 1. The van der Waals surface area contributed by atoms with E-state index in [2.05, 4.69) is 26.6 Å². The van der Waals surface area contributed by atoms with Crippen LogP contribution in [0.25, 0.3) is 0 Å². The number of carbonyl (C=O) groups excluding carboxylic acids is 15. The first-order chi connectivity index (χ1) is 53.1. The van der Waals surface area contributed by atoms with Crippen molar-refractivity contribution in [3.05, 3.63) is 89.0 Å². The molecular formula is C88H132N6O19. The highest BCUT2D eigenvalue weighted by Gasteiger charge is 2.31. The molecule has 0 bridgehead atoms. The zero-order chi connectivity index (χ0) is 85.2. The van der Waals surface area contributed by atoms with E-state index in [0.717, 1.165) is 11.1 Å². The largest absolute Gasteiger partial charge is 0.461 e. The predicted molar refractivity (Wildman–Crippen MR) is 436 cm³/mol. The molecule has 1 aliphatic rings. The Morgan fingerprint density at radius 1 is 0.434 bits per heavy atom. The number of nitrogens with zero attached hydrogens (tertiary/aromatic N) is 1. The summed E-state index contributed by atoms with van der Waals surface area (Å²) in [5, 5.41) is 14.5. The Morgan fingerprint density at radius 3 is 1.38 bits per heavy atom. The minimum Gasteiger partial charge on any atom is -0.461 e. The van der Waals surface area contributed by atoms with Gasteiger partial charge in [-0.15, -0.1) is 0 Å². The van der Waals surface area contributed by atoms with Crippen LogP contribution < -0.4 is 26.6 Å². The predicted octanol–water partition coefficient (Wildman–Crippen LogP) is 13.2.